The minimum atomic E-state index is -0.426. The maximum atomic E-state index is 10.5. The monoisotopic (exact) mass is 232 g/mol. The maximum Gasteiger partial charge on any atom is 0.269 e. The van der Waals surface area contributed by atoms with Gasteiger partial charge in [0.1, 0.15) is 6.33 Å². The zero-order chi connectivity index (χ0) is 12.4. The lowest BCUT2D eigenvalue weighted by molar-refractivity contribution is -0.384. The highest BCUT2D eigenvalue weighted by Gasteiger charge is 2.08. The number of aromatic nitrogens is 3. The van der Waals surface area contributed by atoms with Crippen LogP contribution in [0.4, 0.5) is 5.69 Å². The minimum absolute atomic E-state index is 0.0675. The second kappa shape index (κ2) is 4.32. The highest BCUT2D eigenvalue weighted by atomic mass is 16.6. The van der Waals surface area contributed by atoms with Gasteiger partial charge in [-0.15, -0.1) is 0 Å². The molecule has 0 spiro atoms. The first-order chi connectivity index (χ1) is 8.08. The van der Waals surface area contributed by atoms with Crippen molar-refractivity contribution in [2.75, 3.05) is 0 Å². The van der Waals surface area contributed by atoms with Crippen molar-refractivity contribution in [1.82, 2.24) is 14.8 Å². The number of non-ortho nitro benzene ring substituents is 1. The van der Waals surface area contributed by atoms with Crippen LogP contribution in [-0.2, 0) is 0 Å². The van der Waals surface area contributed by atoms with E-state index in [1.54, 1.807) is 23.1 Å². The quantitative estimate of drug-likeness (QED) is 0.601. The van der Waals surface area contributed by atoms with E-state index >= 15 is 0 Å². The van der Waals surface area contributed by atoms with Crippen molar-refractivity contribution < 1.29 is 4.92 Å². The Kier molecular flexibility index (Phi) is 2.86. The summed E-state index contributed by atoms with van der Waals surface area (Å²) in [6.45, 7) is 4.02. The maximum absolute atomic E-state index is 10.5. The van der Waals surface area contributed by atoms with Crippen LogP contribution in [-0.4, -0.2) is 19.7 Å². The van der Waals surface area contributed by atoms with Crippen LogP contribution < -0.4 is 0 Å². The summed E-state index contributed by atoms with van der Waals surface area (Å²) in [4.78, 5) is 14.3. The molecule has 0 bridgehead atoms. The van der Waals surface area contributed by atoms with Crippen molar-refractivity contribution in [2.24, 2.45) is 0 Å². The molecule has 17 heavy (non-hydrogen) atoms. The summed E-state index contributed by atoms with van der Waals surface area (Å²) in [5, 5.41) is 14.8. The number of hydrogen-bond acceptors (Lipinski definition) is 4. The Morgan fingerprint density at radius 1 is 1.29 bits per heavy atom. The van der Waals surface area contributed by atoms with Gasteiger partial charge >= 0.3 is 0 Å². The van der Waals surface area contributed by atoms with Gasteiger partial charge in [-0.3, -0.25) is 10.1 Å². The molecule has 1 aromatic carbocycles. The van der Waals surface area contributed by atoms with Crippen molar-refractivity contribution in [1.29, 1.82) is 0 Å². The Labute approximate surface area is 98.1 Å². The van der Waals surface area contributed by atoms with Gasteiger partial charge in [0.05, 0.1) is 10.6 Å². The molecule has 88 valence electrons. The molecule has 1 aromatic heterocycles. The second-order valence-electron chi connectivity index (χ2n) is 3.98. The van der Waals surface area contributed by atoms with E-state index in [0.29, 0.717) is 0 Å². The molecule has 6 nitrogen and oxygen atoms in total. The van der Waals surface area contributed by atoms with Crippen molar-refractivity contribution in [2.45, 2.75) is 19.8 Å². The van der Waals surface area contributed by atoms with Crippen LogP contribution in [0.15, 0.2) is 30.6 Å². The summed E-state index contributed by atoms with van der Waals surface area (Å²) in [6.07, 6.45) is 1.61. The Morgan fingerprint density at radius 2 is 1.94 bits per heavy atom. The lowest BCUT2D eigenvalue weighted by atomic mass is 10.2. The molecule has 0 saturated heterocycles. The molecule has 1 heterocycles. The van der Waals surface area contributed by atoms with Gasteiger partial charge in [-0.25, -0.2) is 9.67 Å². The molecule has 0 amide bonds. The number of hydrogen-bond donors (Lipinski definition) is 0. The molecule has 0 aliphatic rings. The molecule has 0 N–H and O–H groups in total. The van der Waals surface area contributed by atoms with E-state index in [-0.39, 0.29) is 11.6 Å². The smallest absolute Gasteiger partial charge is 0.258 e. The molecule has 0 aliphatic carbocycles. The van der Waals surface area contributed by atoms with E-state index < -0.39 is 4.92 Å². The number of rotatable bonds is 3. The Balaban J connectivity index is 2.30. The molecule has 0 fully saturated rings. The van der Waals surface area contributed by atoms with Gasteiger partial charge in [0.15, 0.2) is 5.82 Å². The molecule has 0 atom stereocenters. The summed E-state index contributed by atoms with van der Waals surface area (Å²) in [5.41, 5.74) is 0.827. The average Bonchev–Trinajstić information content (AvgIpc) is 2.78. The van der Waals surface area contributed by atoms with E-state index in [0.717, 1.165) is 11.5 Å². The third-order valence-corrected chi connectivity index (χ3v) is 2.35. The Hall–Kier alpha value is -2.24. The lowest BCUT2D eigenvalue weighted by Crippen LogP contribution is -1.97. The van der Waals surface area contributed by atoms with Crippen molar-refractivity contribution >= 4 is 5.69 Å². The van der Waals surface area contributed by atoms with Gasteiger partial charge in [-0.05, 0) is 12.1 Å². The predicted molar refractivity (Wildman–Crippen MR) is 62.1 cm³/mol. The molecule has 0 aliphatic heterocycles. The normalized spacial score (nSPS) is 10.8. The standard InChI is InChI=1S/C11H12N4O2/c1-8(2)11-12-7-14(13-11)9-3-5-10(6-4-9)15(16)17/h3-8H,1-2H3. The first-order valence-corrected chi connectivity index (χ1v) is 5.24. The van der Waals surface area contributed by atoms with Crippen molar-refractivity contribution in [3.8, 4) is 5.69 Å². The van der Waals surface area contributed by atoms with Crippen molar-refractivity contribution in [3.63, 3.8) is 0 Å². The molecule has 6 heteroatoms. The van der Waals surface area contributed by atoms with Crippen LogP contribution in [0.5, 0.6) is 0 Å². The number of nitro groups is 1. The molecule has 0 saturated carbocycles. The minimum Gasteiger partial charge on any atom is -0.258 e. The van der Waals surface area contributed by atoms with Crippen LogP contribution in [0.25, 0.3) is 5.69 Å². The zero-order valence-corrected chi connectivity index (χ0v) is 9.57. The summed E-state index contributed by atoms with van der Waals surface area (Å²) < 4.78 is 1.61. The highest BCUT2D eigenvalue weighted by Crippen LogP contribution is 2.15. The lowest BCUT2D eigenvalue weighted by Gasteiger charge is -2.00. The van der Waals surface area contributed by atoms with Gasteiger partial charge in [-0.1, -0.05) is 13.8 Å². The van der Waals surface area contributed by atoms with E-state index in [1.165, 1.54) is 12.1 Å². The summed E-state index contributed by atoms with van der Waals surface area (Å²) in [5.74, 6) is 1.01. The van der Waals surface area contributed by atoms with Gasteiger partial charge in [0.2, 0.25) is 0 Å². The topological polar surface area (TPSA) is 73.8 Å². The molecule has 0 unspecified atom stereocenters. The van der Waals surface area contributed by atoms with Gasteiger partial charge in [-0.2, -0.15) is 5.10 Å². The molecule has 0 radical (unpaired) electrons. The summed E-state index contributed by atoms with van der Waals surface area (Å²) in [6, 6.07) is 6.20. The van der Waals surface area contributed by atoms with Crippen LogP contribution >= 0.6 is 0 Å². The summed E-state index contributed by atoms with van der Waals surface area (Å²) in [7, 11) is 0. The fraction of sp³-hybridized carbons (Fsp3) is 0.273. The fourth-order valence-electron chi connectivity index (χ4n) is 1.39. The third kappa shape index (κ3) is 2.30. The van der Waals surface area contributed by atoms with E-state index in [4.69, 9.17) is 0 Å². The fourth-order valence-corrected chi connectivity index (χ4v) is 1.39. The zero-order valence-electron chi connectivity index (χ0n) is 9.57. The van der Waals surface area contributed by atoms with Gasteiger partial charge in [0, 0.05) is 18.1 Å². The largest absolute Gasteiger partial charge is 0.269 e. The second-order valence-corrected chi connectivity index (χ2v) is 3.98. The SMILES string of the molecule is CC(C)c1ncn(-c2ccc([N+](=O)[O-])cc2)n1. The number of benzene rings is 1. The van der Waals surface area contributed by atoms with Crippen LogP contribution in [0.3, 0.4) is 0 Å². The van der Waals surface area contributed by atoms with E-state index in [1.807, 2.05) is 13.8 Å². The first kappa shape index (κ1) is 11.3. The first-order valence-electron chi connectivity index (χ1n) is 5.24. The molecular formula is C11H12N4O2. The molecule has 2 rings (SSSR count). The number of nitro benzene ring substituents is 1. The Morgan fingerprint density at radius 3 is 2.41 bits per heavy atom. The highest BCUT2D eigenvalue weighted by molar-refractivity contribution is 5.39. The summed E-state index contributed by atoms with van der Waals surface area (Å²) >= 11 is 0. The molecule has 2 aromatic rings. The number of nitrogens with zero attached hydrogens (tertiary/aromatic N) is 4. The van der Waals surface area contributed by atoms with Gasteiger partial charge < -0.3 is 0 Å². The van der Waals surface area contributed by atoms with Crippen LogP contribution in [0.1, 0.15) is 25.6 Å². The third-order valence-electron chi connectivity index (χ3n) is 2.35. The van der Waals surface area contributed by atoms with E-state index in [9.17, 15) is 10.1 Å². The van der Waals surface area contributed by atoms with E-state index in [2.05, 4.69) is 10.1 Å². The van der Waals surface area contributed by atoms with Crippen LogP contribution in [0.2, 0.25) is 0 Å². The Bertz CT molecular complexity index is 531. The average molecular weight is 232 g/mol. The van der Waals surface area contributed by atoms with Crippen molar-refractivity contribution in [3.05, 3.63) is 46.5 Å². The van der Waals surface area contributed by atoms with Gasteiger partial charge in [0.25, 0.3) is 5.69 Å². The molecular weight excluding hydrogens is 220 g/mol. The van der Waals surface area contributed by atoms with Crippen LogP contribution in [0, 0.1) is 10.1 Å². The predicted octanol–water partition coefficient (Wildman–Crippen LogP) is 2.30.